The van der Waals surface area contributed by atoms with Crippen LogP contribution in [0.3, 0.4) is 0 Å². The van der Waals surface area contributed by atoms with Crippen LogP contribution in [0.2, 0.25) is 5.02 Å². The van der Waals surface area contributed by atoms with Crippen molar-refractivity contribution in [1.29, 1.82) is 0 Å². The molecular weight excluding hydrogens is 300 g/mol. The standard InChI is InChI=1S/C16H21ClN4O/c1-10(2)9-18-15-8-16(20-11(3)19-15)21-12-5-6-14(22-4)13(17)7-12/h5-8,10H,9H2,1-4H3,(H2,18,19,20,21). The summed E-state index contributed by atoms with van der Waals surface area (Å²) in [5.74, 6) is 3.43. The molecule has 0 radical (unpaired) electrons. The highest BCUT2D eigenvalue weighted by atomic mass is 35.5. The number of aryl methyl sites for hydroxylation is 1. The van der Waals surface area contributed by atoms with E-state index in [1.54, 1.807) is 13.2 Å². The molecule has 0 aliphatic heterocycles. The average Bonchev–Trinajstić information content (AvgIpc) is 2.45. The van der Waals surface area contributed by atoms with Crippen molar-refractivity contribution in [3.05, 3.63) is 35.1 Å². The molecule has 22 heavy (non-hydrogen) atoms. The van der Waals surface area contributed by atoms with E-state index in [9.17, 15) is 0 Å². The lowest BCUT2D eigenvalue weighted by atomic mass is 10.2. The fourth-order valence-electron chi connectivity index (χ4n) is 1.92. The lowest BCUT2D eigenvalue weighted by Gasteiger charge is -2.12. The first-order chi connectivity index (χ1) is 10.5. The zero-order chi connectivity index (χ0) is 16.1. The third kappa shape index (κ3) is 4.49. The molecule has 0 saturated heterocycles. The molecule has 0 atom stereocenters. The SMILES string of the molecule is COc1ccc(Nc2cc(NCC(C)C)nc(C)n2)cc1Cl. The van der Waals surface area contributed by atoms with Crippen LogP contribution < -0.4 is 15.4 Å². The smallest absolute Gasteiger partial charge is 0.137 e. The van der Waals surface area contributed by atoms with Crippen molar-refractivity contribution in [2.45, 2.75) is 20.8 Å². The summed E-state index contributed by atoms with van der Waals surface area (Å²) in [6, 6.07) is 7.40. The van der Waals surface area contributed by atoms with Gasteiger partial charge in [-0.1, -0.05) is 25.4 Å². The molecule has 0 aliphatic rings. The second kappa shape index (κ2) is 7.31. The zero-order valence-corrected chi connectivity index (χ0v) is 14.0. The number of nitrogens with zero attached hydrogens (tertiary/aromatic N) is 2. The van der Waals surface area contributed by atoms with E-state index in [1.807, 2.05) is 25.1 Å². The Kier molecular flexibility index (Phi) is 5.44. The summed E-state index contributed by atoms with van der Waals surface area (Å²) in [6.07, 6.45) is 0. The first-order valence-corrected chi connectivity index (χ1v) is 7.56. The molecule has 1 aromatic heterocycles. The molecule has 2 rings (SSSR count). The van der Waals surface area contributed by atoms with Crippen LogP contribution in [0, 0.1) is 12.8 Å². The number of rotatable bonds is 6. The maximum absolute atomic E-state index is 6.13. The minimum absolute atomic E-state index is 0.548. The number of hydrogen-bond donors (Lipinski definition) is 2. The number of anilines is 3. The van der Waals surface area contributed by atoms with Crippen molar-refractivity contribution in [2.75, 3.05) is 24.3 Å². The van der Waals surface area contributed by atoms with Gasteiger partial charge in [-0.25, -0.2) is 9.97 Å². The number of benzene rings is 1. The van der Waals surface area contributed by atoms with Gasteiger partial charge in [0.15, 0.2) is 0 Å². The van der Waals surface area contributed by atoms with E-state index in [2.05, 4.69) is 34.4 Å². The predicted molar refractivity (Wildman–Crippen MR) is 91.4 cm³/mol. The largest absolute Gasteiger partial charge is 0.495 e. The minimum Gasteiger partial charge on any atom is -0.495 e. The van der Waals surface area contributed by atoms with E-state index in [0.29, 0.717) is 22.5 Å². The van der Waals surface area contributed by atoms with Crippen LogP contribution in [0.1, 0.15) is 19.7 Å². The summed E-state index contributed by atoms with van der Waals surface area (Å²) in [5.41, 5.74) is 0.846. The number of halogens is 1. The molecule has 5 nitrogen and oxygen atoms in total. The second-order valence-electron chi connectivity index (χ2n) is 5.43. The quantitative estimate of drug-likeness (QED) is 0.833. The Bertz CT molecular complexity index is 646. The number of aromatic nitrogens is 2. The molecule has 0 bridgehead atoms. The molecule has 6 heteroatoms. The molecule has 0 amide bonds. The third-order valence-electron chi connectivity index (χ3n) is 2.95. The average molecular weight is 321 g/mol. The summed E-state index contributed by atoms with van der Waals surface area (Å²) in [5, 5.41) is 7.09. The zero-order valence-electron chi connectivity index (χ0n) is 13.3. The van der Waals surface area contributed by atoms with Gasteiger partial charge in [0.25, 0.3) is 0 Å². The van der Waals surface area contributed by atoms with E-state index in [1.165, 1.54) is 0 Å². The first-order valence-electron chi connectivity index (χ1n) is 7.18. The first kappa shape index (κ1) is 16.4. The van der Waals surface area contributed by atoms with Crippen LogP contribution in [0.5, 0.6) is 5.75 Å². The van der Waals surface area contributed by atoms with Gasteiger partial charge in [0.05, 0.1) is 12.1 Å². The molecule has 0 fully saturated rings. The Hall–Kier alpha value is -2.01. The Labute approximate surface area is 136 Å². The van der Waals surface area contributed by atoms with Gasteiger partial charge in [0.2, 0.25) is 0 Å². The third-order valence-corrected chi connectivity index (χ3v) is 3.25. The van der Waals surface area contributed by atoms with Crippen molar-refractivity contribution in [3.8, 4) is 5.75 Å². The lowest BCUT2D eigenvalue weighted by molar-refractivity contribution is 0.415. The summed E-state index contributed by atoms with van der Waals surface area (Å²) < 4.78 is 5.15. The molecule has 0 spiro atoms. The number of hydrogen-bond acceptors (Lipinski definition) is 5. The summed E-state index contributed by atoms with van der Waals surface area (Å²) >= 11 is 6.13. The topological polar surface area (TPSA) is 59.1 Å². The summed E-state index contributed by atoms with van der Waals surface area (Å²) in [7, 11) is 1.59. The van der Waals surface area contributed by atoms with E-state index in [-0.39, 0.29) is 0 Å². The highest BCUT2D eigenvalue weighted by Gasteiger charge is 2.06. The minimum atomic E-state index is 0.548. The number of methoxy groups -OCH3 is 1. The van der Waals surface area contributed by atoms with E-state index in [4.69, 9.17) is 16.3 Å². The van der Waals surface area contributed by atoms with Crippen molar-refractivity contribution in [3.63, 3.8) is 0 Å². The van der Waals surface area contributed by atoms with Gasteiger partial charge in [-0.3, -0.25) is 0 Å². The molecule has 0 saturated carbocycles. The van der Waals surface area contributed by atoms with Gasteiger partial charge in [0.1, 0.15) is 23.2 Å². The Morgan fingerprint density at radius 3 is 2.55 bits per heavy atom. The van der Waals surface area contributed by atoms with Gasteiger partial charge in [-0.05, 0) is 31.0 Å². The molecule has 0 unspecified atom stereocenters. The van der Waals surface area contributed by atoms with Gasteiger partial charge in [-0.2, -0.15) is 0 Å². The fraction of sp³-hybridized carbons (Fsp3) is 0.375. The maximum Gasteiger partial charge on any atom is 0.137 e. The van der Waals surface area contributed by atoms with Gasteiger partial charge < -0.3 is 15.4 Å². The van der Waals surface area contributed by atoms with Gasteiger partial charge in [0, 0.05) is 18.3 Å². The highest BCUT2D eigenvalue weighted by molar-refractivity contribution is 6.32. The van der Waals surface area contributed by atoms with Gasteiger partial charge in [-0.15, -0.1) is 0 Å². The Morgan fingerprint density at radius 2 is 1.91 bits per heavy atom. The van der Waals surface area contributed by atoms with E-state index in [0.717, 1.165) is 23.9 Å². The summed E-state index contributed by atoms with van der Waals surface area (Å²) in [6.45, 7) is 7.04. The second-order valence-corrected chi connectivity index (χ2v) is 5.84. The van der Waals surface area contributed by atoms with E-state index < -0.39 is 0 Å². The monoisotopic (exact) mass is 320 g/mol. The molecule has 1 aromatic carbocycles. The van der Waals surface area contributed by atoms with Crippen LogP contribution in [-0.4, -0.2) is 23.6 Å². The van der Waals surface area contributed by atoms with Gasteiger partial charge >= 0.3 is 0 Å². The lowest BCUT2D eigenvalue weighted by Crippen LogP contribution is -2.10. The Morgan fingerprint density at radius 1 is 1.18 bits per heavy atom. The molecule has 1 heterocycles. The van der Waals surface area contributed by atoms with Crippen molar-refractivity contribution >= 4 is 28.9 Å². The van der Waals surface area contributed by atoms with Crippen molar-refractivity contribution in [1.82, 2.24) is 9.97 Å². The normalized spacial score (nSPS) is 10.6. The number of ether oxygens (including phenoxy) is 1. The van der Waals surface area contributed by atoms with Crippen molar-refractivity contribution in [2.24, 2.45) is 5.92 Å². The highest BCUT2D eigenvalue weighted by Crippen LogP contribution is 2.28. The number of nitrogens with one attached hydrogen (secondary N) is 2. The molecule has 0 aliphatic carbocycles. The van der Waals surface area contributed by atoms with Crippen LogP contribution in [0.25, 0.3) is 0 Å². The molecular formula is C16H21ClN4O. The van der Waals surface area contributed by atoms with Crippen LogP contribution in [-0.2, 0) is 0 Å². The van der Waals surface area contributed by atoms with Crippen LogP contribution in [0.15, 0.2) is 24.3 Å². The predicted octanol–water partition coefficient (Wildman–Crippen LogP) is 4.26. The van der Waals surface area contributed by atoms with Crippen LogP contribution >= 0.6 is 11.6 Å². The maximum atomic E-state index is 6.13. The van der Waals surface area contributed by atoms with E-state index >= 15 is 0 Å². The Balaban J connectivity index is 2.16. The molecule has 2 aromatic rings. The molecule has 2 N–H and O–H groups in total. The fourth-order valence-corrected chi connectivity index (χ4v) is 2.18. The van der Waals surface area contributed by atoms with Crippen molar-refractivity contribution < 1.29 is 4.74 Å². The summed E-state index contributed by atoms with van der Waals surface area (Å²) in [4.78, 5) is 8.78. The molecule has 118 valence electrons. The van der Waals surface area contributed by atoms with Crippen LogP contribution in [0.4, 0.5) is 17.3 Å².